The van der Waals surface area contributed by atoms with E-state index in [0.29, 0.717) is 39.6 Å². The summed E-state index contributed by atoms with van der Waals surface area (Å²) in [5.74, 6) is 2.21. The lowest BCUT2D eigenvalue weighted by molar-refractivity contribution is -0.137. The van der Waals surface area contributed by atoms with Gasteiger partial charge in [-0.15, -0.1) is 0 Å². The van der Waals surface area contributed by atoms with Crippen LogP contribution in [0.3, 0.4) is 0 Å². The maximum absolute atomic E-state index is 13.2. The minimum Gasteiger partial charge on any atom is -0.487 e. The second-order valence-corrected chi connectivity index (χ2v) is 8.28. The molecule has 1 aromatic heterocycles. The number of nitrogens with zero attached hydrogens (tertiary/aromatic N) is 2. The summed E-state index contributed by atoms with van der Waals surface area (Å²) in [7, 11) is 0. The quantitative estimate of drug-likeness (QED) is 0.506. The minimum atomic E-state index is -4.48. The van der Waals surface area contributed by atoms with Crippen molar-refractivity contribution in [3.63, 3.8) is 0 Å². The molecular weight excluding hydrogens is 421 g/mol. The first-order valence-electron chi connectivity index (χ1n) is 10.4. The Kier molecular flexibility index (Phi) is 5.52. The van der Waals surface area contributed by atoms with Crippen molar-refractivity contribution in [2.75, 3.05) is 11.1 Å². The lowest BCUT2D eigenvalue weighted by Gasteiger charge is -2.20. The number of nitrogen functional groups attached to an aromatic ring is 1. The molecular formula is C23H25F3N4O2. The Labute approximate surface area is 184 Å². The Morgan fingerprint density at radius 3 is 2.34 bits per heavy atom. The van der Waals surface area contributed by atoms with Crippen LogP contribution in [0.2, 0.25) is 0 Å². The van der Waals surface area contributed by atoms with Crippen molar-refractivity contribution < 1.29 is 22.6 Å². The van der Waals surface area contributed by atoms with Crippen LogP contribution >= 0.6 is 0 Å². The first-order valence-corrected chi connectivity index (χ1v) is 10.4. The molecule has 1 aliphatic heterocycles. The van der Waals surface area contributed by atoms with Crippen LogP contribution in [0.15, 0.2) is 30.3 Å². The number of nitrogens with two attached hydrogens (primary N) is 1. The fourth-order valence-electron chi connectivity index (χ4n) is 3.92. The van der Waals surface area contributed by atoms with Crippen molar-refractivity contribution >= 4 is 22.4 Å². The lowest BCUT2D eigenvalue weighted by Crippen LogP contribution is -2.18. The van der Waals surface area contributed by atoms with Crippen LogP contribution in [0, 0.1) is 6.92 Å². The van der Waals surface area contributed by atoms with Crippen molar-refractivity contribution in [3.8, 4) is 11.5 Å². The van der Waals surface area contributed by atoms with Crippen LogP contribution in [0.5, 0.6) is 11.5 Å². The Morgan fingerprint density at radius 1 is 1.03 bits per heavy atom. The summed E-state index contributed by atoms with van der Waals surface area (Å²) in [6.07, 6.45) is -3.77. The van der Waals surface area contributed by atoms with Crippen molar-refractivity contribution in [3.05, 3.63) is 47.3 Å². The molecule has 3 N–H and O–H groups in total. The van der Waals surface area contributed by atoms with Gasteiger partial charge in [-0.1, -0.05) is 0 Å². The van der Waals surface area contributed by atoms with Gasteiger partial charge in [0.1, 0.15) is 11.6 Å². The molecule has 0 bridgehead atoms. The van der Waals surface area contributed by atoms with E-state index in [1.54, 1.807) is 13.8 Å². The van der Waals surface area contributed by atoms with Gasteiger partial charge in [-0.25, -0.2) is 9.97 Å². The van der Waals surface area contributed by atoms with Gasteiger partial charge in [-0.2, -0.15) is 13.2 Å². The first-order chi connectivity index (χ1) is 15.0. The highest BCUT2D eigenvalue weighted by atomic mass is 19.4. The molecule has 0 saturated carbocycles. The highest BCUT2D eigenvalue weighted by molar-refractivity contribution is 5.92. The number of ether oxygens (including phenoxy) is 2. The van der Waals surface area contributed by atoms with Crippen molar-refractivity contribution in [2.24, 2.45) is 0 Å². The second kappa shape index (κ2) is 8.03. The van der Waals surface area contributed by atoms with E-state index in [4.69, 9.17) is 15.2 Å². The van der Waals surface area contributed by atoms with Gasteiger partial charge in [0.25, 0.3) is 0 Å². The molecule has 0 spiro atoms. The van der Waals surface area contributed by atoms with Crippen LogP contribution in [-0.4, -0.2) is 22.2 Å². The fourth-order valence-corrected chi connectivity index (χ4v) is 3.92. The summed E-state index contributed by atoms with van der Waals surface area (Å²) in [4.78, 5) is 9.00. The van der Waals surface area contributed by atoms with Gasteiger partial charge < -0.3 is 20.5 Å². The van der Waals surface area contributed by atoms with E-state index in [2.05, 4.69) is 15.3 Å². The highest BCUT2D eigenvalue weighted by Crippen LogP contribution is 2.39. The van der Waals surface area contributed by atoms with Gasteiger partial charge in [0.15, 0.2) is 11.5 Å². The highest BCUT2D eigenvalue weighted by Gasteiger charge is 2.31. The third-order valence-corrected chi connectivity index (χ3v) is 5.35. The van der Waals surface area contributed by atoms with E-state index in [0.717, 1.165) is 18.6 Å². The number of anilines is 2. The average Bonchev–Trinajstić information content (AvgIpc) is 2.81. The predicted octanol–water partition coefficient (Wildman–Crippen LogP) is 5.65. The monoisotopic (exact) mass is 446 g/mol. The number of benzene rings is 2. The van der Waals surface area contributed by atoms with Gasteiger partial charge >= 0.3 is 6.18 Å². The smallest absolute Gasteiger partial charge is 0.416 e. The zero-order valence-electron chi connectivity index (χ0n) is 18.2. The molecule has 32 heavy (non-hydrogen) atoms. The van der Waals surface area contributed by atoms with E-state index in [9.17, 15) is 13.2 Å². The molecule has 2 heterocycles. The topological polar surface area (TPSA) is 82.3 Å². The molecule has 2 unspecified atom stereocenters. The lowest BCUT2D eigenvalue weighted by atomic mass is 10.0. The second-order valence-electron chi connectivity index (χ2n) is 8.28. The molecule has 0 radical (unpaired) electrons. The van der Waals surface area contributed by atoms with E-state index in [1.165, 1.54) is 6.07 Å². The number of aromatic nitrogens is 2. The van der Waals surface area contributed by atoms with E-state index in [1.807, 2.05) is 26.0 Å². The number of rotatable bonds is 3. The van der Waals surface area contributed by atoms with Gasteiger partial charge in [0.05, 0.1) is 29.3 Å². The molecule has 1 aliphatic rings. The van der Waals surface area contributed by atoms with E-state index in [-0.39, 0.29) is 17.9 Å². The largest absolute Gasteiger partial charge is 0.487 e. The van der Waals surface area contributed by atoms with Gasteiger partial charge in [-0.3, -0.25) is 0 Å². The number of alkyl halides is 3. The molecule has 6 nitrogen and oxygen atoms in total. The minimum absolute atomic E-state index is 0.00406. The van der Waals surface area contributed by atoms with Crippen molar-refractivity contribution in [1.82, 2.24) is 9.97 Å². The SMILES string of the molecule is Cc1nc(N[C@H](C)c2cc(N)cc(C(F)(F)F)c2)c2cc3c(cc2n1)OC(C)CC(C)O3. The Morgan fingerprint density at radius 2 is 1.69 bits per heavy atom. The molecule has 0 aliphatic carbocycles. The third kappa shape index (κ3) is 4.51. The first kappa shape index (κ1) is 22.0. The molecule has 170 valence electrons. The predicted molar refractivity (Wildman–Crippen MR) is 117 cm³/mol. The number of hydrogen-bond donors (Lipinski definition) is 2. The summed E-state index contributed by atoms with van der Waals surface area (Å²) in [5, 5.41) is 3.91. The third-order valence-electron chi connectivity index (χ3n) is 5.35. The van der Waals surface area contributed by atoms with Crippen LogP contribution in [0.1, 0.15) is 50.2 Å². The molecule has 3 aromatic rings. The van der Waals surface area contributed by atoms with Crippen LogP contribution in [0.4, 0.5) is 24.7 Å². The molecule has 0 saturated heterocycles. The van der Waals surface area contributed by atoms with E-state index < -0.39 is 17.8 Å². The average molecular weight is 446 g/mol. The summed E-state index contributed by atoms with van der Waals surface area (Å²) in [5.41, 5.74) is 6.05. The summed E-state index contributed by atoms with van der Waals surface area (Å²) in [6, 6.07) is 6.67. The van der Waals surface area contributed by atoms with Crippen molar-refractivity contribution in [1.29, 1.82) is 0 Å². The number of fused-ring (bicyclic) bond motifs is 2. The van der Waals surface area contributed by atoms with Crippen molar-refractivity contribution in [2.45, 2.75) is 58.5 Å². The molecule has 0 fully saturated rings. The summed E-state index contributed by atoms with van der Waals surface area (Å²) >= 11 is 0. The Bertz CT molecular complexity index is 1170. The fraction of sp³-hybridized carbons (Fsp3) is 0.391. The number of nitrogens with one attached hydrogen (secondary N) is 1. The number of aryl methyl sites for hydroxylation is 1. The van der Waals surface area contributed by atoms with Crippen LogP contribution < -0.4 is 20.5 Å². The zero-order chi connectivity index (χ0) is 23.2. The molecule has 4 rings (SSSR count). The number of halogens is 3. The maximum Gasteiger partial charge on any atom is 0.416 e. The summed E-state index contributed by atoms with van der Waals surface area (Å²) < 4.78 is 51.7. The van der Waals surface area contributed by atoms with Crippen LogP contribution in [0.25, 0.3) is 10.9 Å². The molecule has 0 amide bonds. The Hall–Kier alpha value is -3.23. The van der Waals surface area contributed by atoms with Crippen LogP contribution in [-0.2, 0) is 6.18 Å². The summed E-state index contributed by atoms with van der Waals surface area (Å²) in [6.45, 7) is 7.47. The van der Waals surface area contributed by atoms with Gasteiger partial charge in [-0.05, 0) is 57.5 Å². The van der Waals surface area contributed by atoms with E-state index >= 15 is 0 Å². The van der Waals surface area contributed by atoms with Gasteiger partial charge in [0, 0.05) is 23.6 Å². The normalized spacial score (nSPS) is 19.5. The number of hydrogen-bond acceptors (Lipinski definition) is 6. The standard InChI is InChI=1S/C23H25F3N4O2/c1-11-5-12(2)32-21-10-19-18(9-20(21)31-11)22(30-14(4)29-19)28-13(3)15-6-16(23(24,25)26)8-17(27)7-15/h6-13H,5,27H2,1-4H3,(H,28,29,30)/t11?,12?,13-/m1/s1. The Balaban J connectivity index is 1.74. The van der Waals surface area contributed by atoms with Gasteiger partial charge in [0.2, 0.25) is 0 Å². The molecule has 9 heteroatoms. The zero-order valence-corrected chi connectivity index (χ0v) is 18.2. The maximum atomic E-state index is 13.2. The molecule has 2 aromatic carbocycles. The molecule has 3 atom stereocenters.